The summed E-state index contributed by atoms with van der Waals surface area (Å²) >= 11 is 0. The topological polar surface area (TPSA) is 106 Å². The van der Waals surface area contributed by atoms with Gasteiger partial charge in [-0.15, -0.1) is 0 Å². The van der Waals surface area contributed by atoms with Gasteiger partial charge >= 0.3 is 0 Å². The molecule has 0 fully saturated rings. The molecule has 0 saturated carbocycles. The number of primary amides is 2. The van der Waals surface area contributed by atoms with Gasteiger partial charge in [0.15, 0.2) is 0 Å². The summed E-state index contributed by atoms with van der Waals surface area (Å²) in [5.74, 6) is -1.47. The Hall–Kier alpha value is -2.56. The molecule has 0 saturated heterocycles. The monoisotopic (exact) mass is 230 g/mol. The summed E-state index contributed by atoms with van der Waals surface area (Å²) in [6.07, 6.45) is 0. The van der Waals surface area contributed by atoms with Gasteiger partial charge in [-0.2, -0.15) is 0 Å². The van der Waals surface area contributed by atoms with Crippen molar-refractivity contribution in [2.24, 2.45) is 11.5 Å². The van der Waals surface area contributed by atoms with E-state index in [1.165, 1.54) is 12.1 Å². The van der Waals surface area contributed by atoms with Crippen molar-refractivity contribution in [3.63, 3.8) is 0 Å². The van der Waals surface area contributed by atoms with E-state index in [4.69, 9.17) is 11.5 Å². The van der Waals surface area contributed by atoms with Crippen LogP contribution < -0.4 is 11.5 Å². The van der Waals surface area contributed by atoms with Gasteiger partial charge in [-0.3, -0.25) is 9.59 Å². The van der Waals surface area contributed by atoms with E-state index in [2.05, 4.69) is 0 Å². The molecule has 0 aliphatic carbocycles. The molecule has 0 atom stereocenters. The number of carbonyl (C=O) groups is 2. The minimum atomic E-state index is -0.728. The van der Waals surface area contributed by atoms with Crippen molar-refractivity contribution < 1.29 is 14.7 Å². The van der Waals surface area contributed by atoms with Gasteiger partial charge in [0.1, 0.15) is 5.75 Å². The van der Waals surface area contributed by atoms with Crippen LogP contribution in [0.25, 0.3) is 10.8 Å². The summed E-state index contributed by atoms with van der Waals surface area (Å²) in [7, 11) is 0. The molecule has 2 aromatic carbocycles. The highest BCUT2D eigenvalue weighted by Gasteiger charge is 2.10. The molecule has 2 aromatic rings. The highest BCUT2D eigenvalue weighted by molar-refractivity contribution is 6.03. The zero-order chi connectivity index (χ0) is 12.6. The lowest BCUT2D eigenvalue weighted by Gasteiger charge is -2.05. The van der Waals surface area contributed by atoms with Gasteiger partial charge in [0.2, 0.25) is 5.91 Å². The third-order valence-corrected chi connectivity index (χ3v) is 2.50. The molecular weight excluding hydrogens is 220 g/mol. The van der Waals surface area contributed by atoms with Crippen LogP contribution in [0.1, 0.15) is 20.7 Å². The van der Waals surface area contributed by atoms with Gasteiger partial charge in [-0.05, 0) is 35.0 Å². The number of fused-ring (bicyclic) bond motifs is 1. The number of benzene rings is 2. The average molecular weight is 230 g/mol. The molecule has 0 aromatic heterocycles. The van der Waals surface area contributed by atoms with Gasteiger partial charge in [0, 0.05) is 5.56 Å². The minimum Gasteiger partial charge on any atom is -0.507 e. The second-order valence-electron chi connectivity index (χ2n) is 3.66. The van der Waals surface area contributed by atoms with E-state index in [1.807, 2.05) is 0 Å². The third kappa shape index (κ3) is 1.90. The summed E-state index contributed by atoms with van der Waals surface area (Å²) in [6.45, 7) is 0. The first kappa shape index (κ1) is 10.9. The van der Waals surface area contributed by atoms with Gasteiger partial charge in [0.25, 0.3) is 5.91 Å². The molecule has 0 radical (unpaired) electrons. The lowest BCUT2D eigenvalue weighted by molar-refractivity contribution is 0.0991. The van der Waals surface area contributed by atoms with Crippen molar-refractivity contribution in [3.05, 3.63) is 41.5 Å². The SMILES string of the molecule is NC(=O)c1ccc2cc(O)c(C(N)=O)cc2c1. The molecule has 0 unspecified atom stereocenters. The van der Waals surface area contributed by atoms with Gasteiger partial charge in [-0.1, -0.05) is 6.07 Å². The number of aromatic hydroxyl groups is 1. The number of phenols is 1. The first-order valence-electron chi connectivity index (χ1n) is 4.85. The number of rotatable bonds is 2. The number of hydrogen-bond donors (Lipinski definition) is 3. The molecule has 5 nitrogen and oxygen atoms in total. The summed E-state index contributed by atoms with van der Waals surface area (Å²) < 4.78 is 0. The smallest absolute Gasteiger partial charge is 0.252 e. The second kappa shape index (κ2) is 3.79. The maximum absolute atomic E-state index is 11.1. The van der Waals surface area contributed by atoms with Crippen LogP contribution in [0.2, 0.25) is 0 Å². The fourth-order valence-corrected chi connectivity index (χ4v) is 1.64. The Morgan fingerprint density at radius 2 is 1.65 bits per heavy atom. The molecule has 2 rings (SSSR count). The molecule has 0 spiro atoms. The Labute approximate surface area is 96.6 Å². The summed E-state index contributed by atoms with van der Waals surface area (Å²) in [5.41, 5.74) is 10.6. The Morgan fingerprint density at radius 1 is 0.941 bits per heavy atom. The standard InChI is InChI=1S/C12H10N2O3/c13-11(16)7-2-1-6-5-10(15)9(12(14)17)4-8(6)3-7/h1-5,15H,(H2,13,16)(H2,14,17). The van der Waals surface area contributed by atoms with Crippen LogP contribution in [-0.4, -0.2) is 16.9 Å². The Kier molecular flexibility index (Phi) is 2.44. The molecule has 2 amide bonds. The predicted octanol–water partition coefficient (Wildman–Crippen LogP) is 0.743. The predicted molar refractivity (Wildman–Crippen MR) is 62.6 cm³/mol. The molecule has 0 aliphatic rings. The van der Waals surface area contributed by atoms with Crippen molar-refractivity contribution in [3.8, 4) is 5.75 Å². The molecular formula is C12H10N2O3. The number of amides is 2. The number of nitrogens with two attached hydrogens (primary N) is 2. The average Bonchev–Trinajstić information content (AvgIpc) is 2.27. The van der Waals surface area contributed by atoms with E-state index in [9.17, 15) is 14.7 Å². The highest BCUT2D eigenvalue weighted by Crippen LogP contribution is 2.25. The van der Waals surface area contributed by atoms with E-state index in [-0.39, 0.29) is 11.3 Å². The van der Waals surface area contributed by atoms with Crippen LogP contribution in [0.3, 0.4) is 0 Å². The molecule has 0 aliphatic heterocycles. The maximum Gasteiger partial charge on any atom is 0.252 e. The van der Waals surface area contributed by atoms with E-state index in [1.54, 1.807) is 18.2 Å². The van der Waals surface area contributed by atoms with Crippen molar-refractivity contribution in [2.75, 3.05) is 0 Å². The molecule has 0 heterocycles. The molecule has 5 heteroatoms. The summed E-state index contributed by atoms with van der Waals surface area (Å²) in [6, 6.07) is 7.58. The quantitative estimate of drug-likeness (QED) is 0.708. The fraction of sp³-hybridized carbons (Fsp3) is 0. The van der Waals surface area contributed by atoms with Crippen molar-refractivity contribution in [1.82, 2.24) is 0 Å². The van der Waals surface area contributed by atoms with Crippen molar-refractivity contribution in [1.29, 1.82) is 0 Å². The summed E-state index contributed by atoms with van der Waals surface area (Å²) in [4.78, 5) is 22.1. The highest BCUT2D eigenvalue weighted by atomic mass is 16.3. The zero-order valence-electron chi connectivity index (χ0n) is 8.81. The van der Waals surface area contributed by atoms with Crippen molar-refractivity contribution >= 4 is 22.6 Å². The van der Waals surface area contributed by atoms with Gasteiger partial charge in [-0.25, -0.2) is 0 Å². The Balaban J connectivity index is 2.72. The van der Waals surface area contributed by atoms with Crippen LogP contribution >= 0.6 is 0 Å². The molecule has 0 bridgehead atoms. The van der Waals surface area contributed by atoms with Crippen molar-refractivity contribution in [2.45, 2.75) is 0 Å². The van der Waals surface area contributed by atoms with Crippen LogP contribution in [0.5, 0.6) is 5.75 Å². The van der Waals surface area contributed by atoms with Gasteiger partial charge in [0.05, 0.1) is 5.56 Å². The maximum atomic E-state index is 11.1. The molecule has 86 valence electrons. The Bertz CT molecular complexity index is 635. The van der Waals surface area contributed by atoms with Gasteiger partial charge < -0.3 is 16.6 Å². The fourth-order valence-electron chi connectivity index (χ4n) is 1.64. The van der Waals surface area contributed by atoms with E-state index < -0.39 is 11.8 Å². The van der Waals surface area contributed by atoms with E-state index in [0.717, 1.165) is 0 Å². The first-order chi connectivity index (χ1) is 7.99. The Morgan fingerprint density at radius 3 is 2.24 bits per heavy atom. The van der Waals surface area contributed by atoms with E-state index >= 15 is 0 Å². The normalized spacial score (nSPS) is 10.4. The second-order valence-corrected chi connectivity index (χ2v) is 3.66. The lowest BCUT2D eigenvalue weighted by atomic mass is 10.0. The van der Waals surface area contributed by atoms with Crippen LogP contribution in [-0.2, 0) is 0 Å². The van der Waals surface area contributed by atoms with Crippen LogP contribution in [0.4, 0.5) is 0 Å². The zero-order valence-corrected chi connectivity index (χ0v) is 8.81. The first-order valence-corrected chi connectivity index (χ1v) is 4.85. The number of hydrogen-bond acceptors (Lipinski definition) is 3. The van der Waals surface area contributed by atoms with Crippen LogP contribution in [0.15, 0.2) is 30.3 Å². The van der Waals surface area contributed by atoms with E-state index in [0.29, 0.717) is 16.3 Å². The molecule has 17 heavy (non-hydrogen) atoms. The lowest BCUT2D eigenvalue weighted by Crippen LogP contribution is -2.12. The molecule has 5 N–H and O–H groups in total. The summed E-state index contributed by atoms with van der Waals surface area (Å²) in [5, 5.41) is 10.9. The van der Waals surface area contributed by atoms with Crippen LogP contribution in [0, 0.1) is 0 Å². The number of carbonyl (C=O) groups excluding carboxylic acids is 2. The largest absolute Gasteiger partial charge is 0.507 e. The minimum absolute atomic E-state index is 0.0131. The third-order valence-electron chi connectivity index (χ3n) is 2.50.